The maximum atomic E-state index is 11.8. The van der Waals surface area contributed by atoms with E-state index >= 15 is 0 Å². The third-order valence-corrected chi connectivity index (χ3v) is 5.56. The van der Waals surface area contributed by atoms with Crippen molar-refractivity contribution in [3.63, 3.8) is 0 Å². The average molecular weight is 430 g/mol. The fraction of sp³-hybridized carbons (Fsp3) is 0.429. The van der Waals surface area contributed by atoms with E-state index in [1.54, 1.807) is 0 Å². The molecule has 1 aromatic heterocycles. The van der Waals surface area contributed by atoms with Gasteiger partial charge in [0.05, 0.1) is 37.1 Å². The highest BCUT2D eigenvalue weighted by Gasteiger charge is 2.16. The van der Waals surface area contributed by atoms with Gasteiger partial charge in [-0.15, -0.1) is 0 Å². The lowest BCUT2D eigenvalue weighted by Crippen LogP contribution is -2.38. The smallest absolute Gasteiger partial charge is 0.317 e. The lowest BCUT2D eigenvalue weighted by atomic mass is 10.3. The Kier molecular flexibility index (Phi) is 8.46. The van der Waals surface area contributed by atoms with Crippen LogP contribution in [0.4, 0.5) is 4.79 Å². The number of nitrogens with one attached hydrogen (secondary N) is 2. The predicted molar refractivity (Wildman–Crippen MR) is 115 cm³/mol. The van der Waals surface area contributed by atoms with E-state index in [2.05, 4.69) is 20.2 Å². The zero-order valence-corrected chi connectivity index (χ0v) is 17.9. The van der Waals surface area contributed by atoms with E-state index in [1.165, 1.54) is 36.7 Å². The lowest BCUT2D eigenvalue weighted by Gasteiger charge is -2.18. The molecule has 2 N–H and O–H groups in total. The van der Waals surface area contributed by atoms with E-state index in [0.717, 1.165) is 29.2 Å². The van der Waals surface area contributed by atoms with Crippen molar-refractivity contribution in [3.05, 3.63) is 47.8 Å². The molecule has 0 saturated heterocycles. The molecule has 1 heterocycles. The molecule has 0 spiro atoms. The van der Waals surface area contributed by atoms with Gasteiger partial charge in [0.2, 0.25) is 0 Å². The Labute approximate surface area is 180 Å². The van der Waals surface area contributed by atoms with Crippen molar-refractivity contribution in [1.29, 1.82) is 0 Å². The lowest BCUT2D eigenvalue weighted by molar-refractivity contribution is -0.108. The Bertz CT molecular complexity index is 828. The maximum absolute atomic E-state index is 11.8. The van der Waals surface area contributed by atoms with Gasteiger partial charge in [0.25, 0.3) is 0 Å². The van der Waals surface area contributed by atoms with Gasteiger partial charge in [-0.05, 0) is 68.0 Å². The highest BCUT2D eigenvalue weighted by molar-refractivity contribution is 7.97. The number of carbonyl (C=O) groups excluding carboxylic acids is 2. The van der Waals surface area contributed by atoms with Crippen LogP contribution in [-0.4, -0.2) is 47.1 Å². The summed E-state index contributed by atoms with van der Waals surface area (Å²) in [5.74, 6) is 0.911. The van der Waals surface area contributed by atoms with Crippen LogP contribution in [-0.2, 0) is 17.9 Å². The van der Waals surface area contributed by atoms with Crippen molar-refractivity contribution in [3.8, 4) is 5.75 Å². The molecule has 30 heavy (non-hydrogen) atoms. The van der Waals surface area contributed by atoms with Crippen molar-refractivity contribution >= 4 is 24.3 Å². The molecular weight excluding hydrogens is 402 g/mol. The van der Waals surface area contributed by atoms with Crippen LogP contribution < -0.4 is 14.8 Å². The summed E-state index contributed by atoms with van der Waals surface area (Å²) in [5.41, 5.74) is 1.40. The van der Waals surface area contributed by atoms with E-state index < -0.39 is 0 Å². The first-order chi connectivity index (χ1) is 14.7. The molecule has 1 aliphatic rings. The van der Waals surface area contributed by atoms with Gasteiger partial charge in [-0.2, -0.15) is 10.2 Å². The zero-order valence-electron chi connectivity index (χ0n) is 17.0. The van der Waals surface area contributed by atoms with E-state index in [0.29, 0.717) is 24.6 Å². The molecule has 1 fully saturated rings. The van der Waals surface area contributed by atoms with Crippen molar-refractivity contribution in [2.24, 2.45) is 0 Å². The Hall–Kier alpha value is -2.65. The van der Waals surface area contributed by atoms with Gasteiger partial charge in [-0.1, -0.05) is 6.07 Å². The monoisotopic (exact) mass is 429 g/mol. The number of urea groups is 1. The third kappa shape index (κ3) is 6.70. The molecule has 0 aliphatic heterocycles. The fourth-order valence-corrected chi connectivity index (χ4v) is 3.94. The number of aromatic nitrogens is 2. The maximum Gasteiger partial charge on any atom is 0.317 e. The second kappa shape index (κ2) is 11.5. The fourth-order valence-electron chi connectivity index (χ4n) is 3.23. The largest absolute Gasteiger partial charge is 0.490 e. The molecule has 0 bridgehead atoms. The van der Waals surface area contributed by atoms with Gasteiger partial charge >= 0.3 is 6.03 Å². The minimum absolute atomic E-state index is 0.00479. The summed E-state index contributed by atoms with van der Waals surface area (Å²) in [6.07, 6.45) is 5.81. The molecule has 160 valence electrons. The van der Waals surface area contributed by atoms with Crippen molar-refractivity contribution in [2.45, 2.75) is 49.8 Å². The van der Waals surface area contributed by atoms with Crippen molar-refractivity contribution in [1.82, 2.24) is 25.1 Å². The minimum atomic E-state index is -0.329. The molecule has 0 atom stereocenters. The Morgan fingerprint density at radius 1 is 1.23 bits per heavy atom. The third-order valence-electron chi connectivity index (χ3n) is 4.78. The second-order valence-electron chi connectivity index (χ2n) is 7.04. The van der Waals surface area contributed by atoms with Gasteiger partial charge in [-0.25, -0.2) is 4.79 Å². The summed E-state index contributed by atoms with van der Waals surface area (Å²) in [4.78, 5) is 24.9. The summed E-state index contributed by atoms with van der Waals surface area (Å²) in [5, 5.41) is 10.9. The molecule has 1 aliphatic carbocycles. The first-order valence-corrected chi connectivity index (χ1v) is 10.9. The number of hydrogen-bond acceptors (Lipinski definition) is 7. The average Bonchev–Trinajstić information content (AvgIpc) is 3.27. The topological polar surface area (TPSA) is 96.5 Å². The number of amides is 2. The van der Waals surface area contributed by atoms with Gasteiger partial charge in [0.1, 0.15) is 12.0 Å². The van der Waals surface area contributed by atoms with E-state index in [-0.39, 0.29) is 19.1 Å². The summed E-state index contributed by atoms with van der Waals surface area (Å²) in [7, 11) is 1.52. The van der Waals surface area contributed by atoms with Gasteiger partial charge < -0.3 is 19.7 Å². The van der Waals surface area contributed by atoms with Crippen LogP contribution in [0.2, 0.25) is 0 Å². The first kappa shape index (κ1) is 22.0. The summed E-state index contributed by atoms with van der Waals surface area (Å²) in [6.45, 7) is 0.769. The summed E-state index contributed by atoms with van der Waals surface area (Å²) in [6, 6.07) is 11.4. The molecule has 1 aromatic carbocycles. The molecule has 3 rings (SSSR count). The van der Waals surface area contributed by atoms with Crippen LogP contribution in [0, 0.1) is 0 Å². The standard InChI is InChI=1S/C21H27N5O3S/c1-22-21(28)26(11-12-27)15-17-10-9-16(24-25-17)14-23-30-20-8-4-7-19(13-20)29-18-5-2-3-6-18/h4,7-10,12-13,18,23H,2-3,5-6,11,14-15H2,1H3,(H,22,28). The molecule has 0 unspecified atom stereocenters. The quantitative estimate of drug-likeness (QED) is 0.443. The van der Waals surface area contributed by atoms with Crippen LogP contribution in [0.25, 0.3) is 0 Å². The summed E-state index contributed by atoms with van der Waals surface area (Å²) < 4.78 is 9.33. The van der Waals surface area contributed by atoms with Crippen LogP contribution in [0.1, 0.15) is 37.1 Å². The SMILES string of the molecule is CNC(=O)N(CC=O)Cc1ccc(CNSc2cccc(OC3CCCC3)c2)nn1. The zero-order chi connectivity index (χ0) is 21.2. The van der Waals surface area contributed by atoms with Crippen LogP contribution in [0.3, 0.4) is 0 Å². The van der Waals surface area contributed by atoms with E-state index in [9.17, 15) is 9.59 Å². The molecule has 8 nitrogen and oxygen atoms in total. The molecule has 2 amide bonds. The highest BCUT2D eigenvalue weighted by Crippen LogP contribution is 2.26. The molecular formula is C21H27N5O3S. The van der Waals surface area contributed by atoms with E-state index in [1.807, 2.05) is 36.4 Å². The highest BCUT2D eigenvalue weighted by atomic mass is 32.2. The number of nitrogens with zero attached hydrogens (tertiary/aromatic N) is 3. The minimum Gasteiger partial charge on any atom is -0.490 e. The van der Waals surface area contributed by atoms with Gasteiger partial charge in [-0.3, -0.25) is 4.72 Å². The van der Waals surface area contributed by atoms with Gasteiger partial charge in [0, 0.05) is 11.9 Å². The second-order valence-corrected chi connectivity index (χ2v) is 8.00. The molecule has 0 radical (unpaired) electrons. The van der Waals surface area contributed by atoms with Crippen LogP contribution in [0.15, 0.2) is 41.3 Å². The summed E-state index contributed by atoms with van der Waals surface area (Å²) >= 11 is 1.52. The number of hydrogen-bond donors (Lipinski definition) is 2. The number of aldehydes is 1. The van der Waals surface area contributed by atoms with Gasteiger partial charge in [0.15, 0.2) is 0 Å². The molecule has 2 aromatic rings. The predicted octanol–water partition coefficient (Wildman–Crippen LogP) is 2.94. The number of benzene rings is 1. The number of rotatable bonds is 10. The normalized spacial score (nSPS) is 13.8. The number of ether oxygens (including phenoxy) is 1. The van der Waals surface area contributed by atoms with Crippen LogP contribution >= 0.6 is 11.9 Å². The Balaban J connectivity index is 1.47. The van der Waals surface area contributed by atoms with Crippen molar-refractivity contribution < 1.29 is 14.3 Å². The first-order valence-electron chi connectivity index (χ1n) is 10.1. The number of carbonyl (C=O) groups is 2. The van der Waals surface area contributed by atoms with E-state index in [4.69, 9.17) is 4.74 Å². The Morgan fingerprint density at radius 2 is 2.00 bits per heavy atom. The molecule has 1 saturated carbocycles. The van der Waals surface area contributed by atoms with Crippen LogP contribution in [0.5, 0.6) is 5.75 Å². The Morgan fingerprint density at radius 3 is 2.70 bits per heavy atom. The van der Waals surface area contributed by atoms with Crippen molar-refractivity contribution in [2.75, 3.05) is 13.6 Å². The molecule has 9 heteroatoms.